The smallest absolute Gasteiger partial charge is 0.446 e. The van der Waals surface area contributed by atoms with Gasteiger partial charge in [0, 0.05) is 54.6 Å². The highest BCUT2D eigenvalue weighted by Gasteiger charge is 2.51. The fourth-order valence-electron chi connectivity index (χ4n) is 10.7. The lowest BCUT2D eigenvalue weighted by Crippen LogP contribution is -2.64. The number of hydrogen-bond donors (Lipinski definition) is 15. The number of phenolic OH excluding ortho intramolecular Hbond substituents is 1. The minimum atomic E-state index is -5.35. The van der Waals surface area contributed by atoms with E-state index in [1.807, 2.05) is 17.4 Å². The maximum absolute atomic E-state index is 14.5. The van der Waals surface area contributed by atoms with Crippen LogP contribution >= 0.6 is 0 Å². The number of nitrogens with one attached hydrogen (secondary N) is 3. The Morgan fingerprint density at radius 2 is 1.40 bits per heavy atom. The van der Waals surface area contributed by atoms with Crippen molar-refractivity contribution in [2.24, 2.45) is 17.4 Å². The van der Waals surface area contributed by atoms with E-state index in [2.05, 4.69) is 26.9 Å². The molecule has 17 N–H and O–H groups in total. The van der Waals surface area contributed by atoms with Gasteiger partial charge in [-0.15, -0.1) is 0 Å². The highest BCUT2D eigenvalue weighted by atomic mass is 32.3. The number of nitrogens with two attached hydrogens (primary N) is 2. The summed E-state index contributed by atoms with van der Waals surface area (Å²) in [6.07, 6.45) is -15.4. The summed E-state index contributed by atoms with van der Waals surface area (Å²) < 4.78 is 48.1. The molecule has 33 heteroatoms. The number of β-amino-alcohol motifs (C(OH)–C–C–N with tert-alkyl or cyclic N) is 1. The monoisotopic (exact) mass is 1270 g/mol. The van der Waals surface area contributed by atoms with Crippen LogP contribution in [0.4, 0.5) is 0 Å². The summed E-state index contributed by atoms with van der Waals surface area (Å²) in [4.78, 5) is 113. The Bertz CT molecular complexity index is 3350. The van der Waals surface area contributed by atoms with Gasteiger partial charge in [-0.2, -0.15) is 8.42 Å². The number of phenols is 1. The summed E-state index contributed by atoms with van der Waals surface area (Å²) in [6, 6.07) is 4.39. The number of hydrogen-bond acceptors (Lipinski definition) is 23. The molecule has 3 aliphatic heterocycles. The van der Waals surface area contributed by atoms with E-state index in [9.17, 15) is 97.3 Å². The van der Waals surface area contributed by atoms with Crippen LogP contribution in [0.25, 0.3) is 22.6 Å². The number of aliphatic hydroxyl groups is 8. The van der Waals surface area contributed by atoms with Crippen molar-refractivity contribution in [1.29, 1.82) is 0 Å². The van der Waals surface area contributed by atoms with Crippen molar-refractivity contribution in [1.82, 2.24) is 35.8 Å². The molecular weight excluding hydrogens is 1200 g/mol. The number of ether oxygens (including phenoxy) is 1. The van der Waals surface area contributed by atoms with E-state index in [-0.39, 0.29) is 5.56 Å². The van der Waals surface area contributed by atoms with Crippen LogP contribution in [0.3, 0.4) is 0 Å². The quantitative estimate of drug-likeness (QED) is 0.0212. The van der Waals surface area contributed by atoms with Gasteiger partial charge in [0.05, 0.1) is 37.4 Å². The summed E-state index contributed by atoms with van der Waals surface area (Å²) in [5.74, 6) is -12.1. The van der Waals surface area contributed by atoms with Gasteiger partial charge in [0.1, 0.15) is 66.0 Å². The summed E-state index contributed by atoms with van der Waals surface area (Å²) in [5, 5.41) is 110. The molecule has 4 aromatic rings. The van der Waals surface area contributed by atoms with E-state index in [1.54, 1.807) is 18.2 Å². The third-order valence-electron chi connectivity index (χ3n) is 15.4. The number of carbonyl (C=O) groups excluding carboxylic acids is 8. The number of aromatic nitrogens is 1. The molecular formula is C56H71N9O23S. The van der Waals surface area contributed by atoms with Crippen molar-refractivity contribution in [2.45, 2.75) is 145 Å². The molecule has 0 radical (unpaired) electrons. The minimum absolute atomic E-state index is 0.0774. The first kappa shape index (κ1) is 68.1. The lowest BCUT2D eigenvalue weighted by molar-refractivity contribution is -0.148. The van der Waals surface area contributed by atoms with E-state index in [0.717, 1.165) is 32.3 Å². The van der Waals surface area contributed by atoms with Gasteiger partial charge in [0.15, 0.2) is 23.5 Å². The van der Waals surface area contributed by atoms with Crippen LogP contribution in [0.2, 0.25) is 0 Å². The van der Waals surface area contributed by atoms with Gasteiger partial charge in [-0.05, 0) is 67.4 Å². The lowest BCUT2D eigenvalue weighted by Gasteiger charge is -2.34. The third kappa shape index (κ3) is 16.1. The zero-order valence-corrected chi connectivity index (χ0v) is 48.9. The van der Waals surface area contributed by atoms with Crippen molar-refractivity contribution >= 4 is 57.7 Å². The van der Waals surface area contributed by atoms with Gasteiger partial charge >= 0.3 is 10.4 Å². The summed E-state index contributed by atoms with van der Waals surface area (Å²) in [7, 11) is -5.35. The Balaban J connectivity index is 1.11. The van der Waals surface area contributed by atoms with Crippen molar-refractivity contribution in [3.05, 3.63) is 83.9 Å². The molecule has 8 amide bonds. The SMILES string of the molecule is CCCCCOc1ccc(-c2cc(-c3ccc(C(=O)N4C(O)[C@H](O)C[C@H]4C(=O)N[C@H](C(=O)N4C[C@H](O)C[C@H]4C(=O)N[C@H](C(=O)N[C@H](C(=O)N4C[C@H](C)[C@H](O)[C@H]4C(N)=O)[C@H](O)CC(N)=O)[C@H](O)[C@@H](O)c4ccc(O)c(OS(=O)(=O)O)c4)[C@@H](C)O)cc3)no2)cc1. The average Bonchev–Trinajstić information content (AvgIpc) is 2.18. The second kappa shape index (κ2) is 28.8. The standard InChI is InChI=1S/C56H71N9O23S/c1-4-5-6-17-86-32-14-11-28(12-15-32)39-20-33(62-87-39)27-7-9-29(10-8-27)53(79)65-35(21-38(70)54(65)80)51(77)59-42(26(3)66)55(81)63-24-31(67)19-34(63)50(76)61-44(48(74)47(73)30-13-16-36(68)40(18-30)88-89(83,84)85)52(78)60-43(37(69)22-41(57)71)56(82)64-23-25(2)46(72)45(64)49(58)75/h7-16,18,20,25-26,31,34-35,37-38,42-48,54,66-70,72-74,80H,4-6,17,19,21-24H2,1-3H3,(H2,57,71)(H2,58,75)(H,59,77)(H,60,78)(H,61,76)(H,83,84,85)/t25-,26+,31+,34-,35-,37+,38+,42-,43-,44-,45-,46-,47-,48-,54?/m0/s1. The first-order chi connectivity index (χ1) is 41.9. The van der Waals surface area contributed by atoms with Crippen LogP contribution in [-0.2, 0) is 44.0 Å². The molecule has 3 saturated heterocycles. The molecule has 3 aromatic carbocycles. The molecule has 1 aromatic heterocycles. The minimum Gasteiger partial charge on any atom is -0.504 e. The highest BCUT2D eigenvalue weighted by molar-refractivity contribution is 7.81. The first-order valence-electron chi connectivity index (χ1n) is 28.1. The lowest BCUT2D eigenvalue weighted by atomic mass is 9.96. The molecule has 1 unspecified atom stereocenters. The zero-order chi connectivity index (χ0) is 65.5. The summed E-state index contributed by atoms with van der Waals surface area (Å²) >= 11 is 0. The van der Waals surface area contributed by atoms with E-state index in [4.69, 9.17) is 20.7 Å². The van der Waals surface area contributed by atoms with Crippen LogP contribution in [0.1, 0.15) is 81.3 Å². The maximum Gasteiger partial charge on any atom is 0.446 e. The molecule has 89 heavy (non-hydrogen) atoms. The van der Waals surface area contributed by atoms with Crippen molar-refractivity contribution in [3.8, 4) is 39.8 Å². The number of aliphatic hydroxyl groups excluding tert-OH is 8. The second-order valence-corrected chi connectivity index (χ2v) is 23.0. The van der Waals surface area contributed by atoms with Gasteiger partial charge in [-0.1, -0.05) is 50.0 Å². The Morgan fingerprint density at radius 3 is 2.02 bits per heavy atom. The van der Waals surface area contributed by atoms with Gasteiger partial charge < -0.3 is 96.6 Å². The normalized spacial score (nSPS) is 23.3. The molecule has 7 rings (SSSR count). The molecule has 4 heterocycles. The van der Waals surface area contributed by atoms with Crippen LogP contribution in [0.15, 0.2) is 77.3 Å². The largest absolute Gasteiger partial charge is 0.504 e. The van der Waals surface area contributed by atoms with Crippen molar-refractivity contribution < 1.29 is 111 Å². The van der Waals surface area contributed by atoms with Crippen LogP contribution < -0.4 is 36.3 Å². The molecule has 32 nitrogen and oxygen atoms in total. The third-order valence-corrected chi connectivity index (χ3v) is 15.8. The molecule has 15 atom stereocenters. The number of rotatable bonds is 26. The van der Waals surface area contributed by atoms with Gasteiger partial charge in [-0.3, -0.25) is 47.8 Å². The van der Waals surface area contributed by atoms with Crippen LogP contribution in [0.5, 0.6) is 17.2 Å². The molecule has 0 spiro atoms. The number of likely N-dealkylation sites (tertiary alicyclic amines) is 3. The number of carbonyl (C=O) groups is 8. The number of unbranched alkanes of at least 4 members (excludes halogenated alkanes) is 2. The van der Waals surface area contributed by atoms with Gasteiger partial charge in [0.2, 0.25) is 41.4 Å². The average molecular weight is 1270 g/mol. The first-order valence-corrected chi connectivity index (χ1v) is 29.4. The molecule has 484 valence electrons. The zero-order valence-electron chi connectivity index (χ0n) is 48.1. The van der Waals surface area contributed by atoms with Crippen LogP contribution in [-0.4, -0.2) is 225 Å². The Morgan fingerprint density at radius 1 is 0.775 bits per heavy atom. The fourth-order valence-corrected chi connectivity index (χ4v) is 11.0. The van der Waals surface area contributed by atoms with Gasteiger partial charge in [-0.25, -0.2) is 0 Å². The number of primary amides is 2. The van der Waals surface area contributed by atoms with Crippen molar-refractivity contribution in [3.63, 3.8) is 0 Å². The number of aromatic hydroxyl groups is 1. The topological polar surface area (TPSA) is 515 Å². The Kier molecular flexibility index (Phi) is 22.1. The van der Waals surface area contributed by atoms with Gasteiger partial charge in [0.25, 0.3) is 5.91 Å². The van der Waals surface area contributed by atoms with E-state index in [0.29, 0.717) is 61.8 Å². The second-order valence-electron chi connectivity index (χ2n) is 22.0. The van der Waals surface area contributed by atoms with Crippen molar-refractivity contribution in [2.75, 3.05) is 19.7 Å². The Labute approximate surface area is 507 Å². The number of amides is 8. The van der Waals surface area contributed by atoms with E-state index < -0.39 is 198 Å². The van der Waals surface area contributed by atoms with E-state index >= 15 is 0 Å². The molecule has 0 saturated carbocycles. The van der Waals surface area contributed by atoms with E-state index in [1.165, 1.54) is 31.2 Å². The fraction of sp³-hybridized carbons (Fsp3) is 0.482. The number of nitrogens with zero attached hydrogens (tertiary/aromatic N) is 4. The molecule has 3 aliphatic rings. The Hall–Kier alpha value is -8.38. The molecule has 0 bridgehead atoms. The predicted molar refractivity (Wildman–Crippen MR) is 304 cm³/mol. The van der Waals surface area contributed by atoms with Crippen LogP contribution in [0, 0.1) is 5.92 Å². The summed E-state index contributed by atoms with van der Waals surface area (Å²) in [6.45, 7) is 3.99. The molecule has 3 fully saturated rings. The predicted octanol–water partition coefficient (Wildman–Crippen LogP) is -3.82. The summed E-state index contributed by atoms with van der Waals surface area (Å²) in [5.41, 5.74) is 11.7. The highest BCUT2D eigenvalue weighted by Crippen LogP contribution is 2.34. The number of benzene rings is 3. The maximum atomic E-state index is 14.5. The molecule has 0 aliphatic carbocycles.